The fourth-order valence-electron chi connectivity index (χ4n) is 2.35. The van der Waals surface area contributed by atoms with Gasteiger partial charge in [-0.1, -0.05) is 0 Å². The number of likely N-dealkylation sites (tertiary alicyclic amines) is 1. The van der Waals surface area contributed by atoms with Crippen molar-refractivity contribution in [2.75, 3.05) is 30.7 Å². The Morgan fingerprint density at radius 3 is 3.00 bits per heavy atom. The second kappa shape index (κ2) is 4.79. The van der Waals surface area contributed by atoms with Crippen molar-refractivity contribution < 1.29 is 4.79 Å². The summed E-state index contributed by atoms with van der Waals surface area (Å²) in [5.74, 6) is 0.727. The number of rotatable bonds is 3. The van der Waals surface area contributed by atoms with E-state index >= 15 is 0 Å². The quantitative estimate of drug-likeness (QED) is 0.722. The maximum absolute atomic E-state index is 11.9. The number of hydrogen-bond acceptors (Lipinski definition) is 4. The van der Waals surface area contributed by atoms with Crippen LogP contribution in [0.15, 0.2) is 18.2 Å². The second-order valence-electron chi connectivity index (χ2n) is 4.80. The van der Waals surface area contributed by atoms with Gasteiger partial charge in [0.05, 0.1) is 17.6 Å². The van der Waals surface area contributed by atoms with Gasteiger partial charge in [-0.3, -0.25) is 4.79 Å². The molecular weight excluding hydrogens is 242 g/mol. The maximum atomic E-state index is 11.9. The third kappa shape index (κ3) is 2.47. The average molecular weight is 259 g/mol. The summed E-state index contributed by atoms with van der Waals surface area (Å²) in [5.41, 5.74) is 8.11. The van der Waals surface area contributed by atoms with Crippen LogP contribution >= 0.6 is 0 Å². The number of aromatic nitrogens is 2. The molecule has 0 atom stereocenters. The van der Waals surface area contributed by atoms with Crippen LogP contribution in [0.2, 0.25) is 0 Å². The highest BCUT2D eigenvalue weighted by atomic mass is 16.2. The first-order chi connectivity index (χ1) is 9.22. The van der Waals surface area contributed by atoms with Gasteiger partial charge in [-0.15, -0.1) is 0 Å². The summed E-state index contributed by atoms with van der Waals surface area (Å²) in [5, 5.41) is 3.03. The molecule has 6 nitrogen and oxygen atoms in total. The molecule has 1 aromatic carbocycles. The van der Waals surface area contributed by atoms with E-state index in [0.717, 1.165) is 37.0 Å². The van der Waals surface area contributed by atoms with Gasteiger partial charge in [0, 0.05) is 18.8 Å². The van der Waals surface area contributed by atoms with Crippen molar-refractivity contribution >= 4 is 28.6 Å². The third-order valence-corrected chi connectivity index (χ3v) is 3.37. The first-order valence-electron chi connectivity index (χ1n) is 6.49. The highest BCUT2D eigenvalue weighted by Gasteiger charge is 2.17. The summed E-state index contributed by atoms with van der Waals surface area (Å²) in [6, 6.07) is 5.49. The van der Waals surface area contributed by atoms with Crippen molar-refractivity contribution in [1.29, 1.82) is 0 Å². The Labute approximate surface area is 111 Å². The number of fused-ring (bicyclic) bond motifs is 1. The lowest BCUT2D eigenvalue weighted by Gasteiger charge is -2.14. The summed E-state index contributed by atoms with van der Waals surface area (Å²) in [6.07, 6.45) is 2.21. The van der Waals surface area contributed by atoms with E-state index in [9.17, 15) is 4.79 Å². The van der Waals surface area contributed by atoms with Crippen molar-refractivity contribution in [3.63, 3.8) is 0 Å². The molecule has 4 N–H and O–H groups in total. The zero-order chi connectivity index (χ0) is 13.2. The summed E-state index contributed by atoms with van der Waals surface area (Å²) in [6.45, 7) is 2.02. The van der Waals surface area contributed by atoms with E-state index < -0.39 is 0 Å². The highest BCUT2D eigenvalue weighted by molar-refractivity contribution is 5.83. The molecule has 0 saturated carbocycles. The van der Waals surface area contributed by atoms with E-state index in [1.165, 1.54) is 0 Å². The molecule has 1 saturated heterocycles. The molecule has 1 aromatic heterocycles. The van der Waals surface area contributed by atoms with Crippen LogP contribution in [0.3, 0.4) is 0 Å². The predicted octanol–water partition coefficient (Wildman–Crippen LogP) is 1.18. The van der Waals surface area contributed by atoms with Crippen molar-refractivity contribution in [3.05, 3.63) is 18.2 Å². The molecule has 100 valence electrons. The first kappa shape index (κ1) is 11.8. The molecule has 0 bridgehead atoms. The molecule has 0 unspecified atom stereocenters. The Morgan fingerprint density at radius 2 is 2.21 bits per heavy atom. The van der Waals surface area contributed by atoms with E-state index in [0.29, 0.717) is 11.6 Å². The molecule has 0 spiro atoms. The van der Waals surface area contributed by atoms with Gasteiger partial charge in [0.25, 0.3) is 0 Å². The van der Waals surface area contributed by atoms with Crippen LogP contribution in [0.1, 0.15) is 12.8 Å². The number of hydrogen-bond donors (Lipinski definition) is 3. The van der Waals surface area contributed by atoms with Gasteiger partial charge in [0.15, 0.2) is 0 Å². The van der Waals surface area contributed by atoms with Crippen molar-refractivity contribution in [3.8, 4) is 0 Å². The fraction of sp³-hybridized carbons (Fsp3) is 0.385. The SMILES string of the molecule is Nc1ccc2nc(NCC(=O)N3CCCC3)[nH]c2c1. The Bertz CT molecular complexity index is 600. The standard InChI is InChI=1S/C13H17N5O/c14-9-3-4-10-11(7-9)17-13(16-10)15-8-12(19)18-5-1-2-6-18/h3-4,7H,1-2,5-6,8,14H2,(H2,15,16,17). The van der Waals surface area contributed by atoms with Crippen LogP contribution < -0.4 is 11.1 Å². The summed E-state index contributed by atoms with van der Waals surface area (Å²) >= 11 is 0. The van der Waals surface area contributed by atoms with E-state index in [2.05, 4.69) is 15.3 Å². The lowest BCUT2D eigenvalue weighted by molar-refractivity contribution is -0.128. The third-order valence-electron chi connectivity index (χ3n) is 3.37. The number of anilines is 2. The molecule has 1 fully saturated rings. The van der Waals surface area contributed by atoms with E-state index in [1.54, 1.807) is 0 Å². The van der Waals surface area contributed by atoms with Crippen molar-refractivity contribution in [2.24, 2.45) is 0 Å². The van der Waals surface area contributed by atoms with Gasteiger partial charge < -0.3 is 20.9 Å². The zero-order valence-electron chi connectivity index (χ0n) is 10.6. The normalized spacial score (nSPS) is 15.1. The summed E-state index contributed by atoms with van der Waals surface area (Å²) in [4.78, 5) is 21.2. The average Bonchev–Trinajstić information content (AvgIpc) is 3.04. The lowest BCUT2D eigenvalue weighted by Crippen LogP contribution is -2.33. The number of imidazole rings is 1. The molecule has 1 aliphatic heterocycles. The minimum atomic E-state index is 0.123. The number of nitrogens with zero attached hydrogens (tertiary/aromatic N) is 2. The number of carbonyl (C=O) groups is 1. The Hall–Kier alpha value is -2.24. The number of aromatic amines is 1. The minimum Gasteiger partial charge on any atom is -0.399 e. The monoisotopic (exact) mass is 259 g/mol. The first-order valence-corrected chi connectivity index (χ1v) is 6.49. The highest BCUT2D eigenvalue weighted by Crippen LogP contribution is 2.17. The number of nitrogens with one attached hydrogen (secondary N) is 2. The van der Waals surface area contributed by atoms with Crippen molar-refractivity contribution in [1.82, 2.24) is 14.9 Å². The lowest BCUT2D eigenvalue weighted by atomic mass is 10.3. The van der Waals surface area contributed by atoms with Crippen LogP contribution in [0.5, 0.6) is 0 Å². The number of nitrogens with two attached hydrogens (primary N) is 1. The molecular formula is C13H17N5O. The van der Waals surface area contributed by atoms with Gasteiger partial charge >= 0.3 is 0 Å². The molecule has 1 aliphatic rings. The van der Waals surface area contributed by atoms with Crippen LogP contribution in [0.4, 0.5) is 11.6 Å². The minimum absolute atomic E-state index is 0.123. The maximum Gasteiger partial charge on any atom is 0.241 e. The summed E-state index contributed by atoms with van der Waals surface area (Å²) < 4.78 is 0. The Morgan fingerprint density at radius 1 is 1.42 bits per heavy atom. The molecule has 6 heteroatoms. The predicted molar refractivity (Wildman–Crippen MR) is 74.8 cm³/mol. The number of nitrogen functional groups attached to an aromatic ring is 1. The molecule has 2 aromatic rings. The molecule has 0 radical (unpaired) electrons. The van der Waals surface area contributed by atoms with Gasteiger partial charge in [-0.25, -0.2) is 4.98 Å². The summed E-state index contributed by atoms with van der Waals surface area (Å²) in [7, 11) is 0. The van der Waals surface area contributed by atoms with Crippen LogP contribution in [-0.2, 0) is 4.79 Å². The van der Waals surface area contributed by atoms with Gasteiger partial charge in [-0.05, 0) is 31.0 Å². The van der Waals surface area contributed by atoms with Gasteiger partial charge in [0.1, 0.15) is 0 Å². The number of carbonyl (C=O) groups excluding carboxylic acids is 1. The molecule has 2 heterocycles. The Balaban J connectivity index is 1.66. The number of benzene rings is 1. The smallest absolute Gasteiger partial charge is 0.241 e. The van der Waals surface area contributed by atoms with E-state index in [-0.39, 0.29) is 12.5 Å². The van der Waals surface area contributed by atoms with E-state index in [1.807, 2.05) is 23.1 Å². The molecule has 19 heavy (non-hydrogen) atoms. The van der Waals surface area contributed by atoms with Crippen LogP contribution in [0.25, 0.3) is 11.0 Å². The fourth-order valence-corrected chi connectivity index (χ4v) is 2.35. The molecule has 0 aliphatic carbocycles. The Kier molecular flexibility index (Phi) is 2.98. The van der Waals surface area contributed by atoms with Gasteiger partial charge in [0.2, 0.25) is 11.9 Å². The van der Waals surface area contributed by atoms with Gasteiger partial charge in [-0.2, -0.15) is 0 Å². The molecule has 3 rings (SSSR count). The zero-order valence-corrected chi connectivity index (χ0v) is 10.6. The number of H-pyrrole nitrogens is 1. The van der Waals surface area contributed by atoms with Crippen molar-refractivity contribution in [2.45, 2.75) is 12.8 Å². The largest absolute Gasteiger partial charge is 0.399 e. The molecule has 1 amide bonds. The topological polar surface area (TPSA) is 87.0 Å². The second-order valence-corrected chi connectivity index (χ2v) is 4.80. The van der Waals surface area contributed by atoms with Crippen LogP contribution in [-0.4, -0.2) is 40.4 Å². The number of amides is 1. The van der Waals surface area contributed by atoms with Crippen LogP contribution in [0, 0.1) is 0 Å². The van der Waals surface area contributed by atoms with E-state index in [4.69, 9.17) is 5.73 Å².